The monoisotopic (exact) mass is 263 g/mol. The molecular formula is C14H17NO4. The molecule has 1 aliphatic rings. The van der Waals surface area contributed by atoms with Crippen LogP contribution in [-0.4, -0.2) is 23.7 Å². The molecule has 2 N–H and O–H groups in total. The van der Waals surface area contributed by atoms with Crippen molar-refractivity contribution in [2.75, 3.05) is 6.61 Å². The van der Waals surface area contributed by atoms with Crippen molar-refractivity contribution in [3.05, 3.63) is 36.3 Å². The first-order valence-corrected chi connectivity index (χ1v) is 6.26. The quantitative estimate of drug-likeness (QED) is 0.846. The van der Waals surface area contributed by atoms with Crippen molar-refractivity contribution in [2.45, 2.75) is 25.8 Å². The molecule has 0 spiro atoms. The summed E-state index contributed by atoms with van der Waals surface area (Å²) in [5, 5.41) is 11.5. The number of fused-ring (bicyclic) bond motifs is 1. The van der Waals surface area contributed by atoms with E-state index in [0.717, 1.165) is 0 Å². The van der Waals surface area contributed by atoms with E-state index in [2.05, 4.69) is 5.32 Å². The van der Waals surface area contributed by atoms with Crippen molar-refractivity contribution in [1.29, 1.82) is 0 Å². The highest BCUT2D eigenvalue weighted by Crippen LogP contribution is 2.31. The van der Waals surface area contributed by atoms with Crippen molar-refractivity contribution in [3.63, 3.8) is 0 Å². The van der Waals surface area contributed by atoms with E-state index in [1.165, 1.54) is 6.26 Å². The van der Waals surface area contributed by atoms with E-state index in [1.54, 1.807) is 12.1 Å². The van der Waals surface area contributed by atoms with Crippen molar-refractivity contribution < 1.29 is 19.4 Å². The molecule has 0 bridgehead atoms. The summed E-state index contributed by atoms with van der Waals surface area (Å²) >= 11 is 0. The minimum atomic E-state index is -0.319. The first kappa shape index (κ1) is 13.4. The first-order valence-electron chi connectivity index (χ1n) is 6.26. The van der Waals surface area contributed by atoms with E-state index in [9.17, 15) is 4.79 Å². The number of hydrogen-bond donors (Lipinski definition) is 2. The largest absolute Gasteiger partial charge is 0.457 e. The molecule has 1 unspecified atom stereocenters. The summed E-state index contributed by atoms with van der Waals surface area (Å²) in [5.41, 5.74) is 0. The number of aliphatic hydroxyl groups excluding tert-OH is 1. The molecule has 2 rings (SSSR count). The smallest absolute Gasteiger partial charge is 0.290 e. The topological polar surface area (TPSA) is 67.8 Å². The Kier molecular flexibility index (Phi) is 4.41. The van der Waals surface area contributed by atoms with E-state index < -0.39 is 0 Å². The molecule has 1 atom stereocenters. The molecule has 5 nitrogen and oxygen atoms in total. The Labute approximate surface area is 111 Å². The zero-order chi connectivity index (χ0) is 13.7. The highest BCUT2D eigenvalue weighted by Gasteiger charge is 2.20. The van der Waals surface area contributed by atoms with Crippen LogP contribution in [0.2, 0.25) is 0 Å². The molecule has 5 heteroatoms. The van der Waals surface area contributed by atoms with Gasteiger partial charge in [0.15, 0.2) is 11.5 Å². The number of rotatable bonds is 5. The predicted octanol–water partition coefficient (Wildman–Crippen LogP) is 1.58. The van der Waals surface area contributed by atoms with Crippen LogP contribution in [0.5, 0.6) is 11.5 Å². The minimum Gasteiger partial charge on any atom is -0.457 e. The van der Waals surface area contributed by atoms with Gasteiger partial charge >= 0.3 is 0 Å². The van der Waals surface area contributed by atoms with Crippen molar-refractivity contribution in [1.82, 2.24) is 5.32 Å². The molecule has 0 aliphatic carbocycles. The van der Waals surface area contributed by atoms with Crippen molar-refractivity contribution >= 4 is 5.91 Å². The number of carbonyl (C=O) groups is 1. The zero-order valence-corrected chi connectivity index (χ0v) is 10.8. The number of ether oxygens (including phenoxy) is 2. The van der Waals surface area contributed by atoms with E-state index >= 15 is 0 Å². The second-order valence-electron chi connectivity index (χ2n) is 4.39. The summed E-state index contributed by atoms with van der Waals surface area (Å²) in [4.78, 5) is 11.9. The van der Waals surface area contributed by atoms with Gasteiger partial charge in [-0.1, -0.05) is 12.1 Å². The third-order valence-electron chi connectivity index (χ3n) is 2.76. The maximum Gasteiger partial charge on any atom is 0.290 e. The van der Waals surface area contributed by atoms with Crippen LogP contribution in [0.4, 0.5) is 0 Å². The average molecular weight is 263 g/mol. The molecule has 1 heterocycles. The normalized spacial score (nSPS) is 14.5. The first-order chi connectivity index (χ1) is 9.20. The lowest BCUT2D eigenvalue weighted by atomic mass is 10.2. The SMILES string of the molecule is CC(CCCO)NC(=O)C1=COc2ccccc2O1. The van der Waals surface area contributed by atoms with Gasteiger partial charge in [0.05, 0.1) is 0 Å². The zero-order valence-electron chi connectivity index (χ0n) is 10.8. The number of nitrogens with one attached hydrogen (secondary N) is 1. The predicted molar refractivity (Wildman–Crippen MR) is 69.7 cm³/mol. The average Bonchev–Trinajstić information content (AvgIpc) is 2.44. The van der Waals surface area contributed by atoms with E-state index in [-0.39, 0.29) is 24.3 Å². The molecule has 0 fully saturated rings. The van der Waals surface area contributed by atoms with E-state index in [0.29, 0.717) is 24.3 Å². The minimum absolute atomic E-state index is 0.0266. The molecule has 102 valence electrons. The van der Waals surface area contributed by atoms with Crippen LogP contribution >= 0.6 is 0 Å². The van der Waals surface area contributed by atoms with Gasteiger partial charge in [0.1, 0.15) is 6.26 Å². The number of aliphatic hydroxyl groups is 1. The Morgan fingerprint density at radius 2 is 2.11 bits per heavy atom. The number of hydrogen-bond acceptors (Lipinski definition) is 4. The lowest BCUT2D eigenvalue weighted by molar-refractivity contribution is -0.120. The summed E-state index contributed by atoms with van der Waals surface area (Å²) in [5.74, 6) is 0.931. The maximum absolute atomic E-state index is 11.9. The van der Waals surface area contributed by atoms with Crippen LogP contribution in [0.1, 0.15) is 19.8 Å². The van der Waals surface area contributed by atoms with Crippen molar-refractivity contribution in [3.8, 4) is 11.5 Å². The molecule has 19 heavy (non-hydrogen) atoms. The Morgan fingerprint density at radius 3 is 2.84 bits per heavy atom. The van der Waals surface area contributed by atoms with Crippen LogP contribution in [0.15, 0.2) is 36.3 Å². The molecule has 0 saturated heterocycles. The second-order valence-corrected chi connectivity index (χ2v) is 4.39. The highest BCUT2D eigenvalue weighted by atomic mass is 16.6. The Morgan fingerprint density at radius 1 is 1.37 bits per heavy atom. The van der Waals surface area contributed by atoms with E-state index in [1.807, 2.05) is 19.1 Å². The molecular weight excluding hydrogens is 246 g/mol. The summed E-state index contributed by atoms with van der Waals surface area (Å²) in [6.45, 7) is 2.00. The maximum atomic E-state index is 11.9. The Hall–Kier alpha value is -2.01. The molecule has 1 aliphatic heterocycles. The Balaban J connectivity index is 1.93. The summed E-state index contributed by atoms with van der Waals surface area (Å²) in [6.07, 6.45) is 2.67. The lowest BCUT2D eigenvalue weighted by Gasteiger charge is -2.19. The molecule has 0 saturated carbocycles. The third-order valence-corrected chi connectivity index (χ3v) is 2.76. The van der Waals surface area contributed by atoms with Crippen molar-refractivity contribution in [2.24, 2.45) is 0 Å². The van der Waals surface area contributed by atoms with Crippen LogP contribution in [0, 0.1) is 0 Å². The fourth-order valence-corrected chi connectivity index (χ4v) is 1.76. The number of para-hydroxylation sites is 2. The summed E-state index contributed by atoms with van der Waals surface area (Å²) in [6, 6.07) is 7.13. The molecule has 0 radical (unpaired) electrons. The summed E-state index contributed by atoms with van der Waals surface area (Å²) in [7, 11) is 0. The van der Waals surface area contributed by atoms with Gasteiger partial charge in [0, 0.05) is 12.6 Å². The lowest BCUT2D eigenvalue weighted by Crippen LogP contribution is -2.35. The van der Waals surface area contributed by atoms with Gasteiger partial charge < -0.3 is 19.9 Å². The second kappa shape index (κ2) is 6.24. The molecule has 1 aromatic carbocycles. The number of carbonyl (C=O) groups excluding carboxylic acids is 1. The van der Waals surface area contributed by atoms with Crippen LogP contribution < -0.4 is 14.8 Å². The van der Waals surface area contributed by atoms with Gasteiger partial charge in [-0.2, -0.15) is 0 Å². The fraction of sp³-hybridized carbons (Fsp3) is 0.357. The standard InChI is InChI=1S/C14H17NO4/c1-10(5-4-8-16)15-14(17)13-9-18-11-6-2-3-7-12(11)19-13/h2-3,6-7,9-10,16H,4-5,8H2,1H3,(H,15,17). The molecule has 0 aromatic heterocycles. The van der Waals surface area contributed by atoms with Crippen LogP contribution in [0.3, 0.4) is 0 Å². The van der Waals surface area contributed by atoms with Gasteiger partial charge in [-0.15, -0.1) is 0 Å². The van der Waals surface area contributed by atoms with E-state index in [4.69, 9.17) is 14.6 Å². The number of benzene rings is 1. The van der Waals surface area contributed by atoms with Crippen LogP contribution in [-0.2, 0) is 4.79 Å². The van der Waals surface area contributed by atoms with Crippen LogP contribution in [0.25, 0.3) is 0 Å². The summed E-state index contributed by atoms with van der Waals surface area (Å²) < 4.78 is 10.8. The number of amides is 1. The molecule has 1 amide bonds. The van der Waals surface area contributed by atoms with Gasteiger partial charge in [0.2, 0.25) is 5.76 Å². The highest BCUT2D eigenvalue weighted by molar-refractivity contribution is 5.92. The van der Waals surface area contributed by atoms with Gasteiger partial charge in [-0.05, 0) is 31.9 Å². The Bertz CT molecular complexity index is 484. The van der Waals surface area contributed by atoms with Gasteiger partial charge in [-0.3, -0.25) is 4.79 Å². The molecule has 1 aromatic rings. The van der Waals surface area contributed by atoms with Gasteiger partial charge in [0.25, 0.3) is 5.91 Å². The fourth-order valence-electron chi connectivity index (χ4n) is 1.76. The van der Waals surface area contributed by atoms with Gasteiger partial charge in [-0.25, -0.2) is 0 Å². The third kappa shape index (κ3) is 3.48.